The molecule has 0 spiro atoms. The molecule has 1 aromatic heterocycles. The zero-order valence-electron chi connectivity index (χ0n) is 19.9. The summed E-state index contributed by atoms with van der Waals surface area (Å²) >= 11 is 0. The number of aromatic nitrogens is 1. The van der Waals surface area contributed by atoms with Gasteiger partial charge in [0.25, 0.3) is 0 Å². The highest BCUT2D eigenvalue weighted by molar-refractivity contribution is 7.92. The number of pyridine rings is 1. The predicted molar refractivity (Wildman–Crippen MR) is 124 cm³/mol. The molecule has 2 saturated carbocycles. The number of carboxylic acids is 1. The zero-order valence-corrected chi connectivity index (χ0v) is 20.8. The number of alkyl halides is 2. The Hall–Kier alpha value is -1.81. The van der Waals surface area contributed by atoms with E-state index in [1.807, 2.05) is 6.92 Å². The van der Waals surface area contributed by atoms with E-state index in [1.54, 1.807) is 13.0 Å². The molecule has 10 heteroatoms. The van der Waals surface area contributed by atoms with Crippen molar-refractivity contribution in [3.63, 3.8) is 0 Å². The molecule has 0 saturated heterocycles. The minimum Gasteiger partial charge on any atom is -0.481 e. The third-order valence-corrected chi connectivity index (χ3v) is 9.22. The maximum absolute atomic E-state index is 13.3. The zero-order chi connectivity index (χ0) is 24.9. The standard InChI is InChI=1S/C24H36F2N2O5S/c1-16-9-10-21(34(31,32)20-8-5-7-19(20)23(29)30)22(28-16)33-17(2)6-3-4-15-27-18-11-13-24(25,26)14-12-18/h9-10,17-20,27H,3-8,11-15H2,1-2H3,(H,29,30)/t17-,19-,20-/m1/s1. The van der Waals surface area contributed by atoms with Crippen LogP contribution in [0.3, 0.4) is 0 Å². The second kappa shape index (κ2) is 11.3. The lowest BCUT2D eigenvalue weighted by atomic mass is 9.92. The van der Waals surface area contributed by atoms with E-state index in [-0.39, 0.29) is 35.8 Å². The largest absolute Gasteiger partial charge is 0.481 e. The van der Waals surface area contributed by atoms with Gasteiger partial charge in [0.15, 0.2) is 9.84 Å². The van der Waals surface area contributed by atoms with Gasteiger partial charge in [0.1, 0.15) is 4.90 Å². The van der Waals surface area contributed by atoms with Crippen molar-refractivity contribution in [2.45, 2.75) is 106 Å². The van der Waals surface area contributed by atoms with Crippen LogP contribution in [0.5, 0.6) is 5.88 Å². The van der Waals surface area contributed by atoms with Crippen molar-refractivity contribution in [2.75, 3.05) is 6.54 Å². The molecule has 0 amide bonds. The summed E-state index contributed by atoms with van der Waals surface area (Å²) in [6.07, 6.45) is 4.18. The molecule has 1 aromatic rings. The Morgan fingerprint density at radius 2 is 1.94 bits per heavy atom. The second-order valence-electron chi connectivity index (χ2n) is 9.72. The fraction of sp³-hybridized carbons (Fsp3) is 0.750. The summed E-state index contributed by atoms with van der Waals surface area (Å²) in [4.78, 5) is 15.8. The first-order valence-electron chi connectivity index (χ1n) is 12.2. The maximum Gasteiger partial charge on any atom is 0.307 e. The summed E-state index contributed by atoms with van der Waals surface area (Å²) < 4.78 is 59.1. The van der Waals surface area contributed by atoms with Gasteiger partial charge in [-0.25, -0.2) is 22.2 Å². The summed E-state index contributed by atoms with van der Waals surface area (Å²) in [5, 5.41) is 11.8. The molecule has 3 rings (SSSR count). The van der Waals surface area contributed by atoms with Gasteiger partial charge in [-0.2, -0.15) is 0 Å². The molecule has 2 aliphatic rings. The topological polar surface area (TPSA) is 106 Å². The van der Waals surface area contributed by atoms with Gasteiger partial charge in [0.05, 0.1) is 17.3 Å². The van der Waals surface area contributed by atoms with Crippen LogP contribution in [0.15, 0.2) is 17.0 Å². The molecule has 0 radical (unpaired) electrons. The van der Waals surface area contributed by atoms with E-state index in [1.165, 1.54) is 6.07 Å². The number of hydrogen-bond acceptors (Lipinski definition) is 6. The van der Waals surface area contributed by atoms with Crippen LogP contribution >= 0.6 is 0 Å². The van der Waals surface area contributed by atoms with E-state index in [4.69, 9.17) is 4.74 Å². The Labute approximate surface area is 200 Å². The molecule has 3 atom stereocenters. The SMILES string of the molecule is Cc1ccc(S(=O)(=O)[C@@H]2CCC[C@H]2C(=O)O)c(O[C@H](C)CCCCNC2CCC(F)(F)CC2)n1. The molecule has 7 nitrogen and oxygen atoms in total. The quantitative estimate of drug-likeness (QED) is 0.429. The number of ether oxygens (including phenoxy) is 1. The van der Waals surface area contributed by atoms with Crippen molar-refractivity contribution >= 4 is 15.8 Å². The highest BCUT2D eigenvalue weighted by atomic mass is 32.2. The monoisotopic (exact) mass is 502 g/mol. The third-order valence-electron chi connectivity index (χ3n) is 6.94. The number of nitrogens with one attached hydrogen (secondary N) is 1. The lowest BCUT2D eigenvalue weighted by molar-refractivity contribution is -0.141. The van der Waals surface area contributed by atoms with Gasteiger partial charge in [-0.05, 0) is 77.5 Å². The molecular weight excluding hydrogens is 466 g/mol. The molecule has 0 aromatic carbocycles. The fourth-order valence-corrected chi connectivity index (χ4v) is 7.00. The van der Waals surface area contributed by atoms with E-state index in [9.17, 15) is 27.1 Å². The van der Waals surface area contributed by atoms with Crippen LogP contribution < -0.4 is 10.1 Å². The highest BCUT2D eigenvalue weighted by Crippen LogP contribution is 2.38. The van der Waals surface area contributed by atoms with Crippen molar-refractivity contribution in [3.05, 3.63) is 17.8 Å². The number of unbranched alkanes of at least 4 members (excludes halogenated alkanes) is 1. The summed E-state index contributed by atoms with van der Waals surface area (Å²) in [5.41, 5.74) is 0.615. The van der Waals surface area contributed by atoms with Crippen LogP contribution in [0.4, 0.5) is 8.78 Å². The van der Waals surface area contributed by atoms with Crippen LogP contribution in [-0.2, 0) is 14.6 Å². The van der Waals surface area contributed by atoms with Gasteiger partial charge in [-0.1, -0.05) is 6.42 Å². The van der Waals surface area contributed by atoms with Crippen molar-refractivity contribution in [3.8, 4) is 5.88 Å². The average molecular weight is 503 g/mol. The highest BCUT2D eigenvalue weighted by Gasteiger charge is 2.43. The lowest BCUT2D eigenvalue weighted by Gasteiger charge is -2.29. The van der Waals surface area contributed by atoms with Gasteiger partial charge in [0.2, 0.25) is 11.8 Å². The Morgan fingerprint density at radius 1 is 1.24 bits per heavy atom. The Kier molecular flexibility index (Phi) is 8.89. The van der Waals surface area contributed by atoms with Crippen LogP contribution in [0.25, 0.3) is 0 Å². The van der Waals surface area contributed by atoms with Crippen molar-refractivity contribution < 1.29 is 31.8 Å². The van der Waals surface area contributed by atoms with Crippen molar-refractivity contribution in [1.29, 1.82) is 0 Å². The summed E-state index contributed by atoms with van der Waals surface area (Å²) in [6.45, 7) is 4.34. The molecule has 34 heavy (non-hydrogen) atoms. The molecule has 2 N–H and O–H groups in total. The number of aryl methyl sites for hydroxylation is 1. The molecule has 0 aliphatic heterocycles. The van der Waals surface area contributed by atoms with E-state index >= 15 is 0 Å². The van der Waals surface area contributed by atoms with Crippen molar-refractivity contribution in [2.24, 2.45) is 5.92 Å². The Balaban J connectivity index is 1.53. The summed E-state index contributed by atoms with van der Waals surface area (Å²) in [5.74, 6) is -4.49. The number of sulfone groups is 1. The maximum atomic E-state index is 13.3. The number of halogens is 2. The van der Waals surface area contributed by atoms with E-state index in [0.717, 1.165) is 19.4 Å². The molecule has 1 heterocycles. The third kappa shape index (κ3) is 6.87. The van der Waals surface area contributed by atoms with Crippen LogP contribution in [-0.4, -0.2) is 54.3 Å². The number of nitrogens with zero attached hydrogens (tertiary/aromatic N) is 1. The number of carboxylic acid groups (broad SMARTS) is 1. The molecule has 0 bridgehead atoms. The molecule has 192 valence electrons. The van der Waals surface area contributed by atoms with Crippen LogP contribution in [0, 0.1) is 12.8 Å². The van der Waals surface area contributed by atoms with Gasteiger partial charge >= 0.3 is 5.97 Å². The number of aliphatic carboxylic acids is 1. The molecule has 2 aliphatic carbocycles. The molecular formula is C24H36F2N2O5S. The van der Waals surface area contributed by atoms with Crippen LogP contribution in [0.1, 0.15) is 76.8 Å². The van der Waals surface area contributed by atoms with E-state index in [2.05, 4.69) is 10.3 Å². The second-order valence-corrected chi connectivity index (χ2v) is 11.9. The summed E-state index contributed by atoms with van der Waals surface area (Å²) in [6, 6.07) is 3.21. The summed E-state index contributed by atoms with van der Waals surface area (Å²) in [7, 11) is -3.91. The van der Waals surface area contributed by atoms with Crippen molar-refractivity contribution in [1.82, 2.24) is 10.3 Å². The number of carbonyl (C=O) groups is 1. The fourth-order valence-electron chi connectivity index (χ4n) is 4.92. The predicted octanol–water partition coefficient (Wildman–Crippen LogP) is 4.52. The first-order chi connectivity index (χ1) is 16.0. The molecule has 0 unspecified atom stereocenters. The van der Waals surface area contributed by atoms with E-state index in [0.29, 0.717) is 44.2 Å². The smallest absolute Gasteiger partial charge is 0.307 e. The van der Waals surface area contributed by atoms with Crippen LogP contribution in [0.2, 0.25) is 0 Å². The number of hydrogen-bond donors (Lipinski definition) is 2. The Bertz CT molecular complexity index is 947. The normalized spacial score (nSPS) is 24.1. The minimum absolute atomic E-state index is 0.0322. The first kappa shape index (κ1) is 26.8. The number of rotatable bonds is 11. The average Bonchev–Trinajstić information content (AvgIpc) is 3.26. The first-order valence-corrected chi connectivity index (χ1v) is 13.8. The molecule has 2 fully saturated rings. The van der Waals surface area contributed by atoms with Gasteiger partial charge in [-0.15, -0.1) is 0 Å². The van der Waals surface area contributed by atoms with E-state index < -0.39 is 32.9 Å². The van der Waals surface area contributed by atoms with Gasteiger partial charge in [-0.3, -0.25) is 4.79 Å². The Morgan fingerprint density at radius 3 is 2.62 bits per heavy atom. The van der Waals surface area contributed by atoms with Gasteiger partial charge < -0.3 is 15.2 Å². The van der Waals surface area contributed by atoms with Gasteiger partial charge in [0, 0.05) is 24.6 Å². The lowest BCUT2D eigenvalue weighted by Crippen LogP contribution is -2.37. The minimum atomic E-state index is -3.91.